The summed E-state index contributed by atoms with van der Waals surface area (Å²) in [6.45, 7) is 0. The van der Waals surface area contributed by atoms with Crippen LogP contribution in [0.25, 0.3) is 0 Å². The fourth-order valence-electron chi connectivity index (χ4n) is 1.59. The Morgan fingerprint density at radius 1 is 1.40 bits per heavy atom. The summed E-state index contributed by atoms with van der Waals surface area (Å²) in [5.74, 6) is -0.921. The van der Waals surface area contributed by atoms with Crippen LogP contribution in [0.15, 0.2) is 30.6 Å². The predicted molar refractivity (Wildman–Crippen MR) is 67.7 cm³/mol. The molecule has 0 radical (unpaired) electrons. The maximum Gasteiger partial charge on any atom is 0.427 e. The average molecular weight is 277 g/mol. The lowest BCUT2D eigenvalue weighted by Gasteiger charge is -2.09. The summed E-state index contributed by atoms with van der Waals surface area (Å²) in [4.78, 5) is 25.4. The molecule has 0 aliphatic carbocycles. The maximum atomic E-state index is 11.6. The van der Waals surface area contributed by atoms with Crippen molar-refractivity contribution in [2.24, 2.45) is 7.05 Å². The van der Waals surface area contributed by atoms with Gasteiger partial charge in [0, 0.05) is 7.05 Å². The number of aromatic nitrogens is 2. The molecule has 2 aromatic rings. The molecule has 0 unspecified atom stereocenters. The molecule has 1 aromatic heterocycles. The van der Waals surface area contributed by atoms with E-state index in [2.05, 4.69) is 9.72 Å². The Labute approximate surface area is 113 Å². The summed E-state index contributed by atoms with van der Waals surface area (Å²) in [5.41, 5.74) is 0.172. The molecule has 2 rings (SSSR count). The van der Waals surface area contributed by atoms with E-state index in [1.165, 1.54) is 30.1 Å². The molecule has 0 aliphatic rings. The number of methoxy groups -OCH3 is 1. The number of nitrogens with zero attached hydrogens (tertiary/aromatic N) is 3. The lowest BCUT2D eigenvalue weighted by Crippen LogP contribution is -2.05. The topological polar surface area (TPSA) is 96.5 Å². The van der Waals surface area contributed by atoms with Crippen LogP contribution in [0.4, 0.5) is 5.82 Å². The van der Waals surface area contributed by atoms with E-state index in [0.717, 1.165) is 0 Å². The van der Waals surface area contributed by atoms with E-state index in [1.807, 2.05) is 0 Å². The second-order valence-electron chi connectivity index (χ2n) is 3.83. The highest BCUT2D eigenvalue weighted by molar-refractivity contribution is 5.92. The molecule has 8 nitrogen and oxygen atoms in total. The number of carbonyl (C=O) groups is 1. The molecule has 1 aromatic carbocycles. The monoisotopic (exact) mass is 277 g/mol. The highest BCUT2D eigenvalue weighted by Gasteiger charge is 2.24. The normalized spacial score (nSPS) is 10.1. The Kier molecular flexibility index (Phi) is 3.65. The van der Waals surface area contributed by atoms with E-state index in [-0.39, 0.29) is 17.2 Å². The Morgan fingerprint density at radius 3 is 2.75 bits per heavy atom. The van der Waals surface area contributed by atoms with Crippen molar-refractivity contribution in [1.29, 1.82) is 0 Å². The largest absolute Gasteiger partial charge is 0.465 e. The van der Waals surface area contributed by atoms with Crippen molar-refractivity contribution < 1.29 is 19.2 Å². The molecule has 0 bridgehead atoms. The van der Waals surface area contributed by atoms with Crippen LogP contribution in [0.1, 0.15) is 10.4 Å². The van der Waals surface area contributed by atoms with Gasteiger partial charge in [0.05, 0.1) is 7.11 Å². The Hall–Kier alpha value is -2.90. The van der Waals surface area contributed by atoms with Crippen molar-refractivity contribution in [2.75, 3.05) is 7.11 Å². The first-order chi connectivity index (χ1) is 9.54. The van der Waals surface area contributed by atoms with Gasteiger partial charge in [0.1, 0.15) is 11.3 Å². The number of rotatable bonds is 4. The molecule has 0 spiro atoms. The van der Waals surface area contributed by atoms with Crippen LogP contribution < -0.4 is 4.74 Å². The van der Waals surface area contributed by atoms with E-state index in [0.29, 0.717) is 0 Å². The summed E-state index contributed by atoms with van der Waals surface area (Å²) in [6, 6.07) is 6.30. The van der Waals surface area contributed by atoms with Gasteiger partial charge in [-0.3, -0.25) is 4.57 Å². The summed E-state index contributed by atoms with van der Waals surface area (Å²) in [5, 5.41) is 10.9. The maximum absolute atomic E-state index is 11.6. The predicted octanol–water partition coefficient (Wildman–Crippen LogP) is 1.91. The van der Waals surface area contributed by atoms with Gasteiger partial charge in [-0.15, -0.1) is 0 Å². The van der Waals surface area contributed by atoms with Crippen molar-refractivity contribution >= 4 is 11.8 Å². The minimum Gasteiger partial charge on any atom is -0.465 e. The van der Waals surface area contributed by atoms with E-state index >= 15 is 0 Å². The molecule has 20 heavy (non-hydrogen) atoms. The first-order valence-electron chi connectivity index (χ1n) is 5.55. The Balaban J connectivity index is 2.43. The fraction of sp³-hybridized carbons (Fsp3) is 0.167. The number of hydrogen-bond acceptors (Lipinski definition) is 6. The highest BCUT2D eigenvalue weighted by Crippen LogP contribution is 2.31. The smallest absolute Gasteiger partial charge is 0.427 e. The first kappa shape index (κ1) is 13.5. The molecule has 0 N–H and O–H groups in total. The standard InChI is InChI=1S/C12H11N3O5/c1-14-7-13-10(15(17)18)11(14)20-9-6-4-3-5-8(9)12(16)19-2/h3-7H,1-2H3. The van der Waals surface area contributed by atoms with Gasteiger partial charge in [0.2, 0.25) is 6.33 Å². The molecule has 1 heterocycles. The van der Waals surface area contributed by atoms with E-state index < -0.39 is 16.7 Å². The molecule has 0 saturated carbocycles. The number of nitro groups is 1. The van der Waals surface area contributed by atoms with Gasteiger partial charge in [0.15, 0.2) is 0 Å². The number of hydrogen-bond donors (Lipinski definition) is 0. The number of ether oxygens (including phenoxy) is 2. The van der Waals surface area contributed by atoms with Crippen LogP contribution in [0.2, 0.25) is 0 Å². The molecule has 8 heteroatoms. The molecular weight excluding hydrogens is 266 g/mol. The van der Waals surface area contributed by atoms with Crippen molar-refractivity contribution in [3.63, 3.8) is 0 Å². The SMILES string of the molecule is COC(=O)c1ccccc1Oc1c([N+](=O)[O-])ncn1C. The lowest BCUT2D eigenvalue weighted by atomic mass is 10.2. The third kappa shape index (κ3) is 2.44. The van der Waals surface area contributed by atoms with Gasteiger partial charge in [-0.25, -0.2) is 4.79 Å². The fourth-order valence-corrected chi connectivity index (χ4v) is 1.59. The van der Waals surface area contributed by atoms with Crippen molar-refractivity contribution in [2.45, 2.75) is 0 Å². The number of esters is 1. The Bertz CT molecular complexity index is 665. The number of para-hydroxylation sites is 1. The molecule has 104 valence electrons. The number of benzene rings is 1. The third-order valence-electron chi connectivity index (χ3n) is 2.54. The van der Waals surface area contributed by atoms with Crippen LogP contribution in [0, 0.1) is 10.1 Å². The minimum atomic E-state index is -0.657. The average Bonchev–Trinajstić information content (AvgIpc) is 2.80. The van der Waals surface area contributed by atoms with Gasteiger partial charge in [-0.1, -0.05) is 12.1 Å². The van der Waals surface area contributed by atoms with E-state index in [1.54, 1.807) is 19.2 Å². The second-order valence-corrected chi connectivity index (χ2v) is 3.83. The molecule has 0 amide bonds. The van der Waals surface area contributed by atoms with Crippen LogP contribution in [0.5, 0.6) is 11.6 Å². The van der Waals surface area contributed by atoms with E-state index in [9.17, 15) is 14.9 Å². The zero-order valence-electron chi connectivity index (χ0n) is 10.8. The van der Waals surface area contributed by atoms with Crippen molar-refractivity contribution in [1.82, 2.24) is 9.55 Å². The van der Waals surface area contributed by atoms with Gasteiger partial charge in [0.25, 0.3) is 0 Å². The minimum absolute atomic E-state index is 0.0636. The van der Waals surface area contributed by atoms with Crippen molar-refractivity contribution in [3.05, 3.63) is 46.3 Å². The van der Waals surface area contributed by atoms with Crippen LogP contribution in [0.3, 0.4) is 0 Å². The van der Waals surface area contributed by atoms with E-state index in [4.69, 9.17) is 4.74 Å². The summed E-state index contributed by atoms with van der Waals surface area (Å²) in [6.07, 6.45) is 1.26. The third-order valence-corrected chi connectivity index (χ3v) is 2.54. The zero-order valence-corrected chi connectivity index (χ0v) is 10.8. The zero-order chi connectivity index (χ0) is 14.7. The van der Waals surface area contributed by atoms with Gasteiger partial charge in [-0.2, -0.15) is 0 Å². The molecule has 0 atom stereocenters. The number of aryl methyl sites for hydroxylation is 1. The summed E-state index contributed by atoms with van der Waals surface area (Å²) < 4.78 is 11.4. The van der Waals surface area contributed by atoms with Crippen LogP contribution >= 0.6 is 0 Å². The summed E-state index contributed by atoms with van der Waals surface area (Å²) in [7, 11) is 2.79. The molecule has 0 saturated heterocycles. The van der Waals surface area contributed by atoms with Crippen molar-refractivity contribution in [3.8, 4) is 11.6 Å². The molecular formula is C12H11N3O5. The lowest BCUT2D eigenvalue weighted by molar-refractivity contribution is -0.390. The van der Waals surface area contributed by atoms with Crippen LogP contribution in [-0.4, -0.2) is 27.6 Å². The molecule has 0 fully saturated rings. The van der Waals surface area contributed by atoms with Crippen LogP contribution in [-0.2, 0) is 11.8 Å². The van der Waals surface area contributed by atoms with Gasteiger partial charge < -0.3 is 19.6 Å². The second kappa shape index (κ2) is 5.39. The van der Waals surface area contributed by atoms with Gasteiger partial charge in [-0.05, 0) is 22.0 Å². The first-order valence-corrected chi connectivity index (χ1v) is 5.55. The van der Waals surface area contributed by atoms with Gasteiger partial charge >= 0.3 is 17.7 Å². The Morgan fingerprint density at radius 2 is 2.10 bits per heavy atom. The number of carbonyl (C=O) groups excluding carboxylic acids is 1. The number of imidazole rings is 1. The highest BCUT2D eigenvalue weighted by atomic mass is 16.6. The quantitative estimate of drug-likeness (QED) is 0.481. The summed E-state index contributed by atoms with van der Waals surface area (Å²) >= 11 is 0. The molecule has 0 aliphatic heterocycles.